The average Bonchev–Trinajstić information content (AvgIpc) is 2.64. The highest BCUT2D eigenvalue weighted by Gasteiger charge is 2.00. The number of benzene rings is 2. The summed E-state index contributed by atoms with van der Waals surface area (Å²) in [6, 6.07) is 16.7. The first-order valence-electron chi connectivity index (χ1n) is 9.85. The van der Waals surface area contributed by atoms with Crippen LogP contribution in [0.15, 0.2) is 48.5 Å². The fourth-order valence-corrected chi connectivity index (χ4v) is 2.73. The van der Waals surface area contributed by atoms with Gasteiger partial charge in [-0.15, -0.1) is 0 Å². The Balaban J connectivity index is 1.67. The Morgan fingerprint density at radius 3 is 1.88 bits per heavy atom. The molecule has 0 unspecified atom stereocenters. The minimum absolute atomic E-state index is 0.210. The van der Waals surface area contributed by atoms with E-state index in [4.69, 9.17) is 9.47 Å². The van der Waals surface area contributed by atoms with Gasteiger partial charge in [-0.3, -0.25) is 0 Å². The minimum Gasteiger partial charge on any atom is -0.494 e. The monoisotopic (exact) mass is 355 g/mol. The topological polar surface area (TPSA) is 30.5 Å². The van der Waals surface area contributed by atoms with E-state index in [-0.39, 0.29) is 6.10 Å². The van der Waals surface area contributed by atoms with Crippen molar-refractivity contribution in [1.29, 1.82) is 0 Å². The van der Waals surface area contributed by atoms with Gasteiger partial charge < -0.3 is 14.8 Å². The Morgan fingerprint density at radius 1 is 0.769 bits per heavy atom. The molecule has 26 heavy (non-hydrogen) atoms. The van der Waals surface area contributed by atoms with Crippen LogP contribution in [0, 0.1) is 0 Å². The lowest BCUT2D eigenvalue weighted by Crippen LogP contribution is -2.12. The molecule has 142 valence electrons. The summed E-state index contributed by atoms with van der Waals surface area (Å²) in [4.78, 5) is 0. The van der Waals surface area contributed by atoms with Crippen LogP contribution in [0.25, 0.3) is 0 Å². The average molecular weight is 356 g/mol. The Bertz CT molecular complexity index is 605. The van der Waals surface area contributed by atoms with E-state index in [2.05, 4.69) is 48.6 Å². The molecule has 0 atom stereocenters. The molecule has 0 fully saturated rings. The largest absolute Gasteiger partial charge is 0.494 e. The molecule has 2 aromatic carbocycles. The van der Waals surface area contributed by atoms with Crippen molar-refractivity contribution >= 4 is 0 Å². The number of ether oxygens (including phenoxy) is 2. The van der Waals surface area contributed by atoms with Gasteiger partial charge in [-0.25, -0.2) is 0 Å². The fraction of sp³-hybridized carbons (Fsp3) is 0.478. The Kier molecular flexibility index (Phi) is 9.05. The van der Waals surface area contributed by atoms with Crippen LogP contribution in [0.1, 0.15) is 57.6 Å². The fourth-order valence-electron chi connectivity index (χ4n) is 2.73. The summed E-state index contributed by atoms with van der Waals surface area (Å²) in [6.45, 7) is 8.81. The van der Waals surface area contributed by atoms with Crippen LogP contribution < -0.4 is 14.8 Å². The van der Waals surface area contributed by atoms with Gasteiger partial charge in [-0.2, -0.15) is 0 Å². The molecule has 0 aliphatic carbocycles. The molecule has 3 nitrogen and oxygen atoms in total. The summed E-state index contributed by atoms with van der Waals surface area (Å²) in [6.07, 6.45) is 5.16. The quantitative estimate of drug-likeness (QED) is 0.494. The molecular formula is C23H33NO2. The molecule has 0 saturated heterocycles. The molecule has 2 aromatic rings. The number of rotatable bonds is 12. The molecule has 0 aliphatic rings. The summed E-state index contributed by atoms with van der Waals surface area (Å²) >= 11 is 0. The van der Waals surface area contributed by atoms with E-state index >= 15 is 0 Å². The van der Waals surface area contributed by atoms with Crippen molar-refractivity contribution in [3.8, 4) is 11.5 Å². The van der Waals surface area contributed by atoms with Crippen molar-refractivity contribution in [1.82, 2.24) is 5.32 Å². The van der Waals surface area contributed by atoms with Gasteiger partial charge in [0.1, 0.15) is 11.5 Å². The number of hydrogen-bond donors (Lipinski definition) is 1. The maximum absolute atomic E-state index is 5.79. The summed E-state index contributed by atoms with van der Waals surface area (Å²) < 4.78 is 11.5. The van der Waals surface area contributed by atoms with Gasteiger partial charge in [0, 0.05) is 13.1 Å². The Hall–Kier alpha value is -2.00. The first kappa shape index (κ1) is 20.3. The second-order valence-corrected chi connectivity index (χ2v) is 6.97. The lowest BCUT2D eigenvalue weighted by atomic mass is 10.2. The van der Waals surface area contributed by atoms with E-state index < -0.39 is 0 Å². The molecular weight excluding hydrogens is 322 g/mol. The van der Waals surface area contributed by atoms with Crippen LogP contribution >= 0.6 is 0 Å². The third kappa shape index (κ3) is 7.92. The lowest BCUT2D eigenvalue weighted by Gasteiger charge is -2.11. The normalized spacial score (nSPS) is 10.9. The van der Waals surface area contributed by atoms with Crippen LogP contribution in [-0.2, 0) is 13.1 Å². The van der Waals surface area contributed by atoms with E-state index in [9.17, 15) is 0 Å². The van der Waals surface area contributed by atoms with Crippen molar-refractivity contribution in [2.45, 2.75) is 65.6 Å². The predicted molar refractivity (Wildman–Crippen MR) is 109 cm³/mol. The maximum Gasteiger partial charge on any atom is 0.119 e. The molecule has 0 bridgehead atoms. The van der Waals surface area contributed by atoms with Gasteiger partial charge in [0.25, 0.3) is 0 Å². The van der Waals surface area contributed by atoms with Gasteiger partial charge in [0.2, 0.25) is 0 Å². The summed E-state index contributed by atoms with van der Waals surface area (Å²) in [5.74, 6) is 1.89. The first-order valence-corrected chi connectivity index (χ1v) is 9.85. The Morgan fingerprint density at radius 2 is 1.35 bits per heavy atom. The molecule has 3 heteroatoms. The second kappa shape index (κ2) is 11.6. The molecule has 0 radical (unpaired) electrons. The maximum atomic E-state index is 5.79. The zero-order chi connectivity index (χ0) is 18.6. The first-order chi connectivity index (χ1) is 12.7. The van der Waals surface area contributed by atoms with Gasteiger partial charge in [0.05, 0.1) is 12.7 Å². The van der Waals surface area contributed by atoms with Crippen molar-refractivity contribution in [2.24, 2.45) is 0 Å². The number of hydrogen-bond acceptors (Lipinski definition) is 3. The van der Waals surface area contributed by atoms with Gasteiger partial charge in [0.15, 0.2) is 0 Å². The van der Waals surface area contributed by atoms with Crippen molar-refractivity contribution in [3.05, 3.63) is 59.7 Å². The standard InChI is InChI=1S/C23H33NO2/c1-4-5-6-7-16-25-22-12-8-20(9-13-22)17-24-18-21-10-14-23(15-11-21)26-19(2)3/h8-15,19,24H,4-7,16-18H2,1-3H3. The van der Waals surface area contributed by atoms with E-state index in [1.165, 1.54) is 30.4 Å². The Labute approximate surface area is 158 Å². The zero-order valence-electron chi connectivity index (χ0n) is 16.5. The van der Waals surface area contributed by atoms with Crippen LogP contribution in [0.3, 0.4) is 0 Å². The third-order valence-corrected chi connectivity index (χ3v) is 4.14. The summed E-state index contributed by atoms with van der Waals surface area (Å²) in [5.41, 5.74) is 2.52. The van der Waals surface area contributed by atoms with Crippen LogP contribution in [0.2, 0.25) is 0 Å². The molecule has 1 N–H and O–H groups in total. The van der Waals surface area contributed by atoms with Crippen LogP contribution in [0.5, 0.6) is 11.5 Å². The highest BCUT2D eigenvalue weighted by Crippen LogP contribution is 2.15. The van der Waals surface area contributed by atoms with E-state index in [1.807, 2.05) is 26.0 Å². The van der Waals surface area contributed by atoms with Crippen LogP contribution in [0.4, 0.5) is 0 Å². The number of unbranched alkanes of at least 4 members (excludes halogenated alkanes) is 3. The molecule has 0 heterocycles. The van der Waals surface area contributed by atoms with E-state index in [1.54, 1.807) is 0 Å². The highest BCUT2D eigenvalue weighted by molar-refractivity contribution is 5.28. The van der Waals surface area contributed by atoms with Crippen molar-refractivity contribution in [3.63, 3.8) is 0 Å². The lowest BCUT2D eigenvalue weighted by molar-refractivity contribution is 0.242. The highest BCUT2D eigenvalue weighted by atomic mass is 16.5. The third-order valence-electron chi connectivity index (χ3n) is 4.14. The van der Waals surface area contributed by atoms with E-state index in [0.29, 0.717) is 0 Å². The SMILES string of the molecule is CCCCCCOc1ccc(CNCc2ccc(OC(C)C)cc2)cc1. The molecule has 0 aromatic heterocycles. The van der Waals surface area contributed by atoms with Gasteiger partial charge in [-0.1, -0.05) is 50.5 Å². The van der Waals surface area contributed by atoms with E-state index in [0.717, 1.165) is 37.6 Å². The molecule has 0 spiro atoms. The van der Waals surface area contributed by atoms with Crippen LogP contribution in [-0.4, -0.2) is 12.7 Å². The predicted octanol–water partition coefficient (Wildman–Crippen LogP) is 5.72. The molecule has 0 amide bonds. The van der Waals surface area contributed by atoms with Gasteiger partial charge >= 0.3 is 0 Å². The summed E-state index contributed by atoms with van der Waals surface area (Å²) in [5, 5.41) is 3.48. The number of nitrogens with one attached hydrogen (secondary N) is 1. The molecule has 2 rings (SSSR count). The zero-order valence-corrected chi connectivity index (χ0v) is 16.5. The van der Waals surface area contributed by atoms with Crippen molar-refractivity contribution < 1.29 is 9.47 Å². The molecule has 0 aliphatic heterocycles. The minimum atomic E-state index is 0.210. The summed E-state index contributed by atoms with van der Waals surface area (Å²) in [7, 11) is 0. The smallest absolute Gasteiger partial charge is 0.119 e. The van der Waals surface area contributed by atoms with Crippen molar-refractivity contribution in [2.75, 3.05) is 6.61 Å². The molecule has 0 saturated carbocycles. The second-order valence-electron chi connectivity index (χ2n) is 6.97. The van der Waals surface area contributed by atoms with Gasteiger partial charge in [-0.05, 0) is 55.7 Å².